The Morgan fingerprint density at radius 1 is 1.04 bits per heavy atom. The van der Waals surface area contributed by atoms with E-state index in [4.69, 9.17) is 17.0 Å². The number of likely N-dealkylation sites (N-methyl/N-ethyl adjacent to an activating group) is 1. The number of hydrogen-bond acceptors (Lipinski definition) is 3. The summed E-state index contributed by atoms with van der Waals surface area (Å²) in [7, 11) is 3.43. The Hall–Kier alpha value is -2.66. The average Bonchev–Trinajstić information content (AvgIpc) is 2.80. The molecule has 0 unspecified atom stereocenters. The molecule has 2 aromatic rings. The first-order valence-corrected chi connectivity index (χ1v) is 7.55. The van der Waals surface area contributed by atoms with Crippen LogP contribution < -0.4 is 9.64 Å². The van der Waals surface area contributed by atoms with Crippen LogP contribution in [0.3, 0.4) is 0 Å². The van der Waals surface area contributed by atoms with Crippen LogP contribution in [0.4, 0.5) is 5.69 Å². The van der Waals surface area contributed by atoms with Gasteiger partial charge in [-0.05, 0) is 48.1 Å². The highest BCUT2D eigenvalue weighted by molar-refractivity contribution is 7.80. The first-order valence-electron chi connectivity index (χ1n) is 7.15. The Labute approximate surface area is 140 Å². The Bertz CT molecular complexity index is 769. The lowest BCUT2D eigenvalue weighted by atomic mass is 10.1. The van der Waals surface area contributed by atoms with E-state index in [1.54, 1.807) is 24.0 Å². The molecule has 2 aromatic carbocycles. The maximum atomic E-state index is 12.8. The highest BCUT2D eigenvalue weighted by atomic mass is 32.1. The summed E-state index contributed by atoms with van der Waals surface area (Å²) >= 11 is 5.43. The van der Waals surface area contributed by atoms with E-state index in [0.29, 0.717) is 10.8 Å². The predicted octanol–water partition coefficient (Wildman–Crippen LogP) is 3.30. The van der Waals surface area contributed by atoms with Gasteiger partial charge >= 0.3 is 0 Å². The predicted molar refractivity (Wildman–Crippen MR) is 95.3 cm³/mol. The highest BCUT2D eigenvalue weighted by Gasteiger charge is 2.36. The van der Waals surface area contributed by atoms with E-state index in [-0.39, 0.29) is 5.91 Å². The van der Waals surface area contributed by atoms with Gasteiger partial charge in [0.05, 0.1) is 12.8 Å². The molecule has 23 heavy (non-hydrogen) atoms. The summed E-state index contributed by atoms with van der Waals surface area (Å²) in [6.45, 7) is 0. The molecule has 116 valence electrons. The second-order valence-corrected chi connectivity index (χ2v) is 5.49. The number of para-hydroxylation sites is 1. The topological polar surface area (TPSA) is 32.8 Å². The summed E-state index contributed by atoms with van der Waals surface area (Å²) < 4.78 is 5.15. The van der Waals surface area contributed by atoms with Crippen molar-refractivity contribution in [3.63, 3.8) is 0 Å². The highest BCUT2D eigenvalue weighted by Crippen LogP contribution is 2.27. The summed E-state index contributed by atoms with van der Waals surface area (Å²) in [4.78, 5) is 16.0. The van der Waals surface area contributed by atoms with Crippen LogP contribution in [-0.4, -0.2) is 30.1 Å². The molecule has 1 fully saturated rings. The van der Waals surface area contributed by atoms with Gasteiger partial charge in [0.25, 0.3) is 5.91 Å². The molecular weight excluding hydrogens is 308 g/mol. The fourth-order valence-electron chi connectivity index (χ4n) is 2.42. The molecule has 3 rings (SSSR count). The van der Waals surface area contributed by atoms with Gasteiger partial charge < -0.3 is 9.64 Å². The van der Waals surface area contributed by atoms with Gasteiger partial charge in [-0.3, -0.25) is 9.69 Å². The van der Waals surface area contributed by atoms with Crippen molar-refractivity contribution < 1.29 is 9.53 Å². The van der Waals surface area contributed by atoms with E-state index in [2.05, 4.69) is 0 Å². The average molecular weight is 324 g/mol. The van der Waals surface area contributed by atoms with Gasteiger partial charge in [0, 0.05) is 7.05 Å². The third-order valence-corrected chi connectivity index (χ3v) is 4.15. The number of methoxy groups -OCH3 is 1. The van der Waals surface area contributed by atoms with Crippen LogP contribution in [0.15, 0.2) is 60.3 Å². The fourth-order valence-corrected chi connectivity index (χ4v) is 2.71. The molecule has 5 heteroatoms. The lowest BCUT2D eigenvalue weighted by Gasteiger charge is -2.16. The number of amides is 1. The largest absolute Gasteiger partial charge is 0.497 e. The Balaban J connectivity index is 1.95. The minimum atomic E-state index is -0.125. The van der Waals surface area contributed by atoms with E-state index in [1.165, 1.54) is 0 Å². The van der Waals surface area contributed by atoms with Gasteiger partial charge in [-0.2, -0.15) is 0 Å². The number of carbonyl (C=O) groups is 1. The van der Waals surface area contributed by atoms with Crippen LogP contribution in [0, 0.1) is 0 Å². The molecule has 1 saturated heterocycles. The maximum Gasteiger partial charge on any atom is 0.281 e. The van der Waals surface area contributed by atoms with Gasteiger partial charge in [-0.15, -0.1) is 0 Å². The zero-order valence-corrected chi connectivity index (χ0v) is 13.7. The van der Waals surface area contributed by atoms with E-state index in [0.717, 1.165) is 17.0 Å². The van der Waals surface area contributed by atoms with Crippen molar-refractivity contribution in [2.75, 3.05) is 19.1 Å². The summed E-state index contributed by atoms with van der Waals surface area (Å²) in [5.74, 6) is 0.652. The normalized spacial score (nSPS) is 16.3. The van der Waals surface area contributed by atoms with Crippen molar-refractivity contribution in [2.24, 2.45) is 0 Å². The summed E-state index contributed by atoms with van der Waals surface area (Å²) in [6, 6.07) is 16.9. The third-order valence-electron chi connectivity index (χ3n) is 3.70. The van der Waals surface area contributed by atoms with Gasteiger partial charge in [0.15, 0.2) is 5.11 Å². The second kappa shape index (κ2) is 6.22. The summed E-state index contributed by atoms with van der Waals surface area (Å²) in [5.41, 5.74) is 2.23. The quantitative estimate of drug-likeness (QED) is 0.641. The van der Waals surface area contributed by atoms with Crippen LogP contribution >= 0.6 is 12.2 Å². The molecule has 0 N–H and O–H groups in total. The molecule has 0 aliphatic carbocycles. The zero-order chi connectivity index (χ0) is 16.4. The number of thiocarbonyl (C=S) groups is 1. The van der Waals surface area contributed by atoms with Crippen LogP contribution in [0.1, 0.15) is 5.56 Å². The molecule has 1 aliphatic rings. The van der Waals surface area contributed by atoms with E-state index < -0.39 is 0 Å². The first-order chi connectivity index (χ1) is 11.1. The lowest BCUT2D eigenvalue weighted by molar-refractivity contribution is -0.114. The summed E-state index contributed by atoms with van der Waals surface area (Å²) in [5, 5.41) is 0.473. The number of carbonyl (C=O) groups excluding carboxylic acids is 1. The van der Waals surface area contributed by atoms with E-state index >= 15 is 0 Å². The fraction of sp³-hybridized carbons (Fsp3) is 0.111. The molecule has 4 nitrogen and oxygen atoms in total. The number of rotatable bonds is 3. The molecule has 0 bridgehead atoms. The first kappa shape index (κ1) is 15.2. The van der Waals surface area contributed by atoms with Crippen molar-refractivity contribution >= 4 is 35.0 Å². The van der Waals surface area contributed by atoms with E-state index in [9.17, 15) is 4.79 Å². The second-order valence-electron chi connectivity index (χ2n) is 5.12. The Morgan fingerprint density at radius 2 is 1.70 bits per heavy atom. The van der Waals surface area contributed by atoms with Gasteiger partial charge in [-0.1, -0.05) is 30.3 Å². The van der Waals surface area contributed by atoms with E-state index in [1.807, 2.05) is 60.7 Å². The van der Waals surface area contributed by atoms with Crippen molar-refractivity contribution in [3.8, 4) is 5.75 Å². The maximum absolute atomic E-state index is 12.8. The standard InChI is InChI=1S/C18H16N2O2S/c1-19-16(12-13-8-10-15(22-2)11-9-13)17(21)20(18(19)23)14-6-4-3-5-7-14/h3-12H,1-2H3/b16-12+. The van der Waals surface area contributed by atoms with Crippen molar-refractivity contribution in [2.45, 2.75) is 0 Å². The number of hydrogen-bond donors (Lipinski definition) is 0. The van der Waals surface area contributed by atoms with Crippen LogP contribution in [-0.2, 0) is 4.79 Å². The zero-order valence-electron chi connectivity index (χ0n) is 12.9. The van der Waals surface area contributed by atoms with Gasteiger partial charge in [-0.25, -0.2) is 0 Å². The molecule has 0 radical (unpaired) electrons. The summed E-state index contributed by atoms with van der Waals surface area (Å²) in [6.07, 6.45) is 1.83. The number of benzene rings is 2. The smallest absolute Gasteiger partial charge is 0.281 e. The molecule has 0 saturated carbocycles. The SMILES string of the molecule is COc1ccc(/C=C2\C(=O)N(c3ccccc3)C(=S)N2C)cc1. The molecule has 0 aromatic heterocycles. The van der Waals surface area contributed by atoms with Gasteiger partial charge in [0.2, 0.25) is 0 Å². The molecule has 0 spiro atoms. The van der Waals surface area contributed by atoms with Crippen LogP contribution in [0.2, 0.25) is 0 Å². The minimum absolute atomic E-state index is 0.125. The van der Waals surface area contributed by atoms with Crippen molar-refractivity contribution in [1.29, 1.82) is 0 Å². The van der Waals surface area contributed by atoms with Gasteiger partial charge in [0.1, 0.15) is 11.4 Å². The van der Waals surface area contributed by atoms with Crippen molar-refractivity contribution in [3.05, 3.63) is 65.9 Å². The Kier molecular flexibility index (Phi) is 4.12. The molecule has 1 heterocycles. The number of nitrogens with zero attached hydrogens (tertiary/aromatic N) is 2. The molecular formula is C18H16N2O2S. The monoisotopic (exact) mass is 324 g/mol. The van der Waals surface area contributed by atoms with Crippen LogP contribution in [0.5, 0.6) is 5.75 Å². The molecule has 1 aliphatic heterocycles. The third kappa shape index (κ3) is 2.83. The lowest BCUT2D eigenvalue weighted by Crippen LogP contribution is -2.30. The number of ether oxygens (including phenoxy) is 1. The molecule has 0 atom stereocenters. The Morgan fingerprint density at radius 3 is 2.30 bits per heavy atom. The van der Waals surface area contributed by atoms with Crippen molar-refractivity contribution in [1.82, 2.24) is 4.90 Å². The number of anilines is 1. The molecule has 1 amide bonds. The minimum Gasteiger partial charge on any atom is -0.497 e. The van der Waals surface area contributed by atoms with Crippen LogP contribution in [0.25, 0.3) is 6.08 Å².